The quantitative estimate of drug-likeness (QED) is 0.330. The Balaban J connectivity index is 3.01. The fourth-order valence-electron chi connectivity index (χ4n) is 0.929. The molecular formula is C9H5FN2O3. The Labute approximate surface area is 83.7 Å². The summed E-state index contributed by atoms with van der Waals surface area (Å²) in [4.78, 5) is 22.3. The highest BCUT2D eigenvalue weighted by atomic mass is 19.1. The van der Waals surface area contributed by atoms with E-state index in [0.29, 0.717) is 5.56 Å². The molecule has 0 heterocycles. The number of hydrogen-bond donors (Lipinski definition) is 0. The molecule has 1 aromatic rings. The molecule has 0 unspecified atom stereocenters. The second kappa shape index (κ2) is 4.78. The van der Waals surface area contributed by atoms with Crippen molar-refractivity contribution in [1.82, 2.24) is 0 Å². The van der Waals surface area contributed by atoms with E-state index in [1.165, 1.54) is 18.2 Å². The van der Waals surface area contributed by atoms with Crippen molar-refractivity contribution in [3.8, 4) is 0 Å². The maximum absolute atomic E-state index is 13.0. The highest BCUT2D eigenvalue weighted by Gasteiger charge is 2.12. The zero-order valence-corrected chi connectivity index (χ0v) is 7.38. The summed E-state index contributed by atoms with van der Waals surface area (Å²) in [6, 6.07) is 3.37. The molecule has 0 radical (unpaired) electrons. The molecule has 0 fully saturated rings. The van der Waals surface area contributed by atoms with Crippen molar-refractivity contribution in [3.05, 3.63) is 45.9 Å². The Morgan fingerprint density at radius 2 is 2.27 bits per heavy atom. The van der Waals surface area contributed by atoms with Crippen LogP contribution in [-0.4, -0.2) is 11.0 Å². The normalized spacial score (nSPS) is 9.93. The van der Waals surface area contributed by atoms with E-state index in [4.69, 9.17) is 0 Å². The molecule has 76 valence electrons. The van der Waals surface area contributed by atoms with Crippen molar-refractivity contribution in [2.75, 3.05) is 0 Å². The lowest BCUT2D eigenvalue weighted by atomic mass is 10.2. The van der Waals surface area contributed by atoms with Crippen molar-refractivity contribution in [1.29, 1.82) is 0 Å². The minimum Gasteiger partial charge on any atom is -0.258 e. The lowest BCUT2D eigenvalue weighted by Crippen LogP contribution is -1.92. The maximum Gasteiger partial charge on any atom is 0.304 e. The summed E-state index contributed by atoms with van der Waals surface area (Å²) < 4.78 is 13.0. The first-order chi connectivity index (χ1) is 7.15. The van der Waals surface area contributed by atoms with Crippen LogP contribution in [-0.2, 0) is 4.79 Å². The van der Waals surface area contributed by atoms with Gasteiger partial charge in [0.25, 0.3) is 0 Å². The van der Waals surface area contributed by atoms with E-state index in [0.717, 1.165) is 18.3 Å². The third-order valence-corrected chi connectivity index (χ3v) is 1.56. The third kappa shape index (κ3) is 2.82. The number of aliphatic imine (C=N–C) groups is 1. The van der Waals surface area contributed by atoms with Crippen LogP contribution < -0.4 is 0 Å². The Morgan fingerprint density at radius 1 is 1.53 bits per heavy atom. The molecule has 0 aliphatic rings. The van der Waals surface area contributed by atoms with Gasteiger partial charge >= 0.3 is 5.69 Å². The van der Waals surface area contributed by atoms with E-state index in [2.05, 4.69) is 4.99 Å². The number of carbonyl (C=O) groups excluding carboxylic acids is 1. The standard InChI is InChI=1S/C9H5FN2O3/c10-8-5-7(3-4-11-6-13)1-2-9(8)12(14)15/h1-5H/b4-3+. The van der Waals surface area contributed by atoms with Gasteiger partial charge in [-0.3, -0.25) is 10.1 Å². The summed E-state index contributed by atoms with van der Waals surface area (Å²) in [7, 11) is 0. The first kappa shape index (κ1) is 10.7. The van der Waals surface area contributed by atoms with E-state index in [1.54, 1.807) is 0 Å². The molecular weight excluding hydrogens is 203 g/mol. The summed E-state index contributed by atoms with van der Waals surface area (Å²) in [6.45, 7) is 0. The Kier molecular flexibility index (Phi) is 3.43. The van der Waals surface area contributed by atoms with Crippen LogP contribution in [0.5, 0.6) is 0 Å². The minimum atomic E-state index is -0.933. The van der Waals surface area contributed by atoms with Gasteiger partial charge in [-0.2, -0.15) is 9.38 Å². The van der Waals surface area contributed by atoms with Crippen LogP contribution >= 0.6 is 0 Å². The van der Waals surface area contributed by atoms with Gasteiger partial charge in [0.05, 0.1) is 4.92 Å². The molecule has 0 aliphatic carbocycles. The number of benzene rings is 1. The average Bonchev–Trinajstić information content (AvgIpc) is 2.17. The fourth-order valence-corrected chi connectivity index (χ4v) is 0.929. The highest BCUT2D eigenvalue weighted by Crippen LogP contribution is 2.18. The summed E-state index contributed by atoms with van der Waals surface area (Å²) in [5, 5.41) is 10.3. The van der Waals surface area contributed by atoms with Crippen molar-refractivity contribution in [3.63, 3.8) is 0 Å². The zero-order valence-electron chi connectivity index (χ0n) is 7.38. The number of hydrogen-bond acceptors (Lipinski definition) is 4. The molecule has 0 atom stereocenters. The van der Waals surface area contributed by atoms with Crippen LogP contribution in [0.3, 0.4) is 0 Å². The number of rotatable bonds is 3. The van der Waals surface area contributed by atoms with Crippen molar-refractivity contribution in [2.45, 2.75) is 0 Å². The van der Waals surface area contributed by atoms with Crippen LogP contribution in [0.4, 0.5) is 10.1 Å². The summed E-state index contributed by atoms with van der Waals surface area (Å²) in [5.41, 5.74) is -0.219. The largest absolute Gasteiger partial charge is 0.304 e. The number of isocyanates is 1. The Bertz CT molecular complexity index is 464. The zero-order chi connectivity index (χ0) is 11.3. The van der Waals surface area contributed by atoms with Gasteiger partial charge in [-0.15, -0.1) is 0 Å². The van der Waals surface area contributed by atoms with E-state index >= 15 is 0 Å². The van der Waals surface area contributed by atoms with Gasteiger partial charge in [-0.05, 0) is 23.8 Å². The van der Waals surface area contributed by atoms with Crippen LogP contribution in [0.25, 0.3) is 6.08 Å². The number of halogens is 1. The smallest absolute Gasteiger partial charge is 0.258 e. The van der Waals surface area contributed by atoms with Crippen molar-refractivity contribution >= 4 is 17.8 Å². The number of nitro benzene ring substituents is 1. The third-order valence-electron chi connectivity index (χ3n) is 1.56. The molecule has 5 nitrogen and oxygen atoms in total. The van der Waals surface area contributed by atoms with Crippen LogP contribution in [0.1, 0.15) is 5.56 Å². The maximum atomic E-state index is 13.0. The van der Waals surface area contributed by atoms with Crippen molar-refractivity contribution < 1.29 is 14.1 Å². The van der Waals surface area contributed by atoms with Crippen LogP contribution in [0.2, 0.25) is 0 Å². The van der Waals surface area contributed by atoms with Crippen LogP contribution in [0.15, 0.2) is 29.4 Å². The highest BCUT2D eigenvalue weighted by molar-refractivity contribution is 5.53. The molecule has 0 bridgehead atoms. The molecule has 0 spiro atoms. The molecule has 0 saturated heterocycles. The number of nitrogens with zero attached hydrogens (tertiary/aromatic N) is 2. The van der Waals surface area contributed by atoms with Gasteiger partial charge in [-0.25, -0.2) is 4.79 Å². The van der Waals surface area contributed by atoms with E-state index in [1.807, 2.05) is 0 Å². The molecule has 1 aromatic carbocycles. The van der Waals surface area contributed by atoms with E-state index < -0.39 is 16.4 Å². The summed E-state index contributed by atoms with van der Waals surface area (Å²) in [6.07, 6.45) is 3.72. The SMILES string of the molecule is O=C=N/C=C/c1ccc([N+](=O)[O-])c(F)c1. The minimum absolute atomic E-state index is 0.372. The first-order valence-corrected chi connectivity index (χ1v) is 3.82. The second-order valence-corrected chi connectivity index (χ2v) is 2.50. The van der Waals surface area contributed by atoms with Gasteiger partial charge in [0.1, 0.15) is 0 Å². The summed E-state index contributed by atoms with van der Waals surface area (Å²) in [5.74, 6) is -0.933. The molecule has 0 aliphatic heterocycles. The molecule has 0 saturated carbocycles. The molecule has 15 heavy (non-hydrogen) atoms. The fraction of sp³-hybridized carbons (Fsp3) is 0. The lowest BCUT2D eigenvalue weighted by molar-refractivity contribution is -0.387. The van der Waals surface area contributed by atoms with Crippen molar-refractivity contribution in [2.24, 2.45) is 4.99 Å². The molecule has 0 amide bonds. The van der Waals surface area contributed by atoms with Gasteiger partial charge in [0, 0.05) is 12.3 Å². The summed E-state index contributed by atoms with van der Waals surface area (Å²) >= 11 is 0. The predicted octanol–water partition coefficient (Wildman–Crippen LogP) is 2.04. The van der Waals surface area contributed by atoms with Gasteiger partial charge in [0.15, 0.2) is 0 Å². The van der Waals surface area contributed by atoms with Gasteiger partial charge in [0.2, 0.25) is 11.9 Å². The average molecular weight is 208 g/mol. The van der Waals surface area contributed by atoms with E-state index in [9.17, 15) is 19.3 Å². The van der Waals surface area contributed by atoms with Crippen LogP contribution in [0, 0.1) is 15.9 Å². The Hall–Kier alpha value is -2.33. The van der Waals surface area contributed by atoms with Gasteiger partial charge in [-0.1, -0.05) is 0 Å². The Morgan fingerprint density at radius 3 is 2.80 bits per heavy atom. The molecule has 0 N–H and O–H groups in total. The first-order valence-electron chi connectivity index (χ1n) is 3.82. The second-order valence-electron chi connectivity index (χ2n) is 2.50. The predicted molar refractivity (Wildman–Crippen MR) is 50.2 cm³/mol. The topological polar surface area (TPSA) is 72.6 Å². The molecule has 0 aromatic heterocycles. The number of nitro groups is 1. The van der Waals surface area contributed by atoms with Gasteiger partial charge < -0.3 is 0 Å². The van der Waals surface area contributed by atoms with E-state index in [-0.39, 0.29) is 0 Å². The lowest BCUT2D eigenvalue weighted by Gasteiger charge is -1.95. The monoisotopic (exact) mass is 208 g/mol. The molecule has 6 heteroatoms. The molecule has 1 rings (SSSR count).